The van der Waals surface area contributed by atoms with E-state index in [1.807, 2.05) is 7.05 Å². The predicted molar refractivity (Wildman–Crippen MR) is 173 cm³/mol. The lowest BCUT2D eigenvalue weighted by Gasteiger charge is -2.23. The maximum absolute atomic E-state index is 12.6. The Balaban J connectivity index is 0.000000647. The van der Waals surface area contributed by atoms with Gasteiger partial charge < -0.3 is 20.4 Å². The number of hydrogen-bond acceptors (Lipinski definition) is 9. The molecule has 242 valence electrons. The van der Waals surface area contributed by atoms with Crippen LogP contribution in [0, 0.1) is 11.8 Å². The second-order valence-electron chi connectivity index (χ2n) is 11.3. The highest BCUT2D eigenvalue weighted by Crippen LogP contribution is 2.40. The largest absolute Gasteiger partial charge is 0.335 e. The fourth-order valence-corrected chi connectivity index (χ4v) is 5.43. The molecule has 2 amide bonds. The second-order valence-corrected chi connectivity index (χ2v) is 11.3. The van der Waals surface area contributed by atoms with E-state index < -0.39 is 0 Å². The van der Waals surface area contributed by atoms with Crippen LogP contribution in [0.25, 0.3) is 0 Å². The van der Waals surface area contributed by atoms with Gasteiger partial charge in [-0.2, -0.15) is 5.43 Å². The first kappa shape index (κ1) is 41.7. The molecule has 6 radical (unpaired) electrons. The van der Waals surface area contributed by atoms with Crippen molar-refractivity contribution in [2.24, 2.45) is 11.8 Å². The molecule has 3 unspecified atom stereocenters. The summed E-state index contributed by atoms with van der Waals surface area (Å²) >= 11 is 0. The quantitative estimate of drug-likeness (QED) is 0.142. The van der Waals surface area contributed by atoms with Crippen LogP contribution in [0.4, 0.5) is 0 Å². The number of quaternary nitrogens is 1. The number of ketones is 4. The summed E-state index contributed by atoms with van der Waals surface area (Å²) in [6.45, 7) is 8.15. The topological polar surface area (TPSA) is 149 Å². The minimum Gasteiger partial charge on any atom is -0.335 e. The van der Waals surface area contributed by atoms with Crippen LogP contribution in [0.2, 0.25) is 18.5 Å². The number of amides is 2. The second kappa shape index (κ2) is 23.1. The molecule has 5 atom stereocenters. The normalized spacial score (nSPS) is 22.1. The summed E-state index contributed by atoms with van der Waals surface area (Å²) in [7, 11) is 21.8. The van der Waals surface area contributed by atoms with Crippen LogP contribution in [-0.2, 0) is 28.8 Å². The van der Waals surface area contributed by atoms with E-state index in [1.165, 1.54) is 23.6 Å². The molecule has 2 aliphatic rings. The predicted octanol–water partition coefficient (Wildman–Crippen LogP) is -2.27. The van der Waals surface area contributed by atoms with E-state index in [2.05, 4.69) is 16.1 Å². The van der Waals surface area contributed by atoms with Gasteiger partial charge in [0.25, 0.3) is 0 Å². The molecule has 2 fully saturated rings. The SMILES string of the molecule is [B]CC(=O)N(CCNC)CC(C)=O.[B]CC(=O)N(CCNC)CC(C)=O.[B][C@@H]1CC(C(C)=O)C(C(=O)[C@H]2CCC[NH+]2NC)C1. The number of carbonyl (C=O) groups is 6. The van der Waals surface area contributed by atoms with E-state index in [9.17, 15) is 28.8 Å². The van der Waals surface area contributed by atoms with E-state index in [0.717, 1.165) is 24.4 Å². The average Bonchev–Trinajstić information content (AvgIpc) is 3.63. The van der Waals surface area contributed by atoms with E-state index in [1.54, 1.807) is 21.0 Å². The Kier molecular flexibility index (Phi) is 21.8. The molecule has 0 aromatic heterocycles. The first-order valence-electron chi connectivity index (χ1n) is 15.3. The fourth-order valence-electron chi connectivity index (χ4n) is 5.43. The molecule has 2 rings (SSSR count). The van der Waals surface area contributed by atoms with Crippen LogP contribution in [0.1, 0.15) is 46.5 Å². The maximum Gasteiger partial charge on any atom is 0.214 e. The highest BCUT2D eigenvalue weighted by atomic mass is 16.2. The van der Waals surface area contributed by atoms with Crippen molar-refractivity contribution in [3.63, 3.8) is 0 Å². The molecule has 1 aliphatic carbocycles. The Morgan fingerprint density at radius 3 is 1.59 bits per heavy atom. The standard InChI is InChI=1S/C13H21BN2O2.2C8H15BN2O2/c1-8(17)10-6-9(14)7-11(10)13(18)12-4-3-5-16(12)15-2;2*1-7(12)6-11(4-3-10-2)8(13)5-9/h9-12,15H,3-7H2,1-2H3;2*10H,3-6H2,1-2H3/p+1/t9-,10?,11?,12-;;/m1../s1. The number of hydrogen-bond donors (Lipinski definition) is 4. The Labute approximate surface area is 267 Å². The summed E-state index contributed by atoms with van der Waals surface area (Å²) in [6, 6.07) is 0.00662. The number of Topliss-reactive ketones (excluding diaryl/α,β-unsaturated/α-hetero) is 4. The smallest absolute Gasteiger partial charge is 0.214 e. The molecule has 0 aromatic rings. The van der Waals surface area contributed by atoms with Gasteiger partial charge in [-0.25, -0.2) is 5.01 Å². The molecule has 0 bridgehead atoms. The molecule has 0 aromatic carbocycles. The van der Waals surface area contributed by atoms with Gasteiger partial charge in [0.2, 0.25) is 11.8 Å². The first-order valence-corrected chi connectivity index (χ1v) is 15.3. The van der Waals surface area contributed by atoms with E-state index in [4.69, 9.17) is 23.5 Å². The van der Waals surface area contributed by atoms with Gasteiger partial charge >= 0.3 is 0 Å². The lowest BCUT2D eigenvalue weighted by Crippen LogP contribution is -3.20. The monoisotopic (exact) mass is 613 g/mol. The summed E-state index contributed by atoms with van der Waals surface area (Å²) in [4.78, 5) is 71.1. The van der Waals surface area contributed by atoms with Crippen LogP contribution >= 0.6 is 0 Å². The van der Waals surface area contributed by atoms with Gasteiger partial charge in [-0.15, -0.1) is 0 Å². The Hall–Kier alpha value is -2.35. The highest BCUT2D eigenvalue weighted by molar-refractivity contribution is 6.20. The minimum atomic E-state index is -0.189. The first-order chi connectivity index (χ1) is 20.8. The molecule has 1 saturated heterocycles. The third-order valence-electron chi connectivity index (χ3n) is 7.66. The van der Waals surface area contributed by atoms with Crippen LogP contribution in [0.15, 0.2) is 0 Å². The van der Waals surface area contributed by atoms with Gasteiger partial charge in [0.1, 0.15) is 17.3 Å². The molecule has 4 N–H and O–H groups in total. The van der Waals surface area contributed by atoms with Gasteiger partial charge in [0, 0.05) is 57.9 Å². The summed E-state index contributed by atoms with van der Waals surface area (Å²) in [5, 5.41) is 6.95. The van der Waals surface area contributed by atoms with Crippen molar-refractivity contribution in [1.82, 2.24) is 25.9 Å². The van der Waals surface area contributed by atoms with Gasteiger partial charge in [0.05, 0.1) is 43.2 Å². The number of carbonyl (C=O) groups excluding carboxylic acids is 6. The lowest BCUT2D eigenvalue weighted by molar-refractivity contribution is -0.946. The van der Waals surface area contributed by atoms with E-state index in [0.29, 0.717) is 39.0 Å². The number of nitrogens with zero attached hydrogens (tertiary/aromatic N) is 2. The van der Waals surface area contributed by atoms with Crippen molar-refractivity contribution in [3.8, 4) is 0 Å². The summed E-state index contributed by atoms with van der Waals surface area (Å²) in [6.07, 6.45) is 3.25. The zero-order valence-electron chi connectivity index (χ0n) is 27.6. The average molecular weight is 613 g/mol. The van der Waals surface area contributed by atoms with Crippen LogP contribution in [-0.4, -0.2) is 141 Å². The van der Waals surface area contributed by atoms with Crippen molar-refractivity contribution in [3.05, 3.63) is 0 Å². The molecule has 44 heavy (non-hydrogen) atoms. The van der Waals surface area contributed by atoms with Crippen LogP contribution in [0.5, 0.6) is 0 Å². The number of likely N-dealkylation sites (N-methyl/N-ethyl adjacent to an activating group) is 2. The third kappa shape index (κ3) is 15.6. The molecule has 12 nitrogen and oxygen atoms in total. The van der Waals surface area contributed by atoms with Crippen molar-refractivity contribution in [2.45, 2.75) is 71.0 Å². The molecular formula is C29H52B3N6O6+. The number of rotatable bonds is 16. The van der Waals surface area contributed by atoms with Crippen molar-refractivity contribution in [2.75, 3.05) is 67.0 Å². The van der Waals surface area contributed by atoms with Gasteiger partial charge in [-0.3, -0.25) is 28.8 Å². The summed E-state index contributed by atoms with van der Waals surface area (Å²) in [5.41, 5.74) is 3.15. The van der Waals surface area contributed by atoms with Crippen molar-refractivity contribution < 1.29 is 33.8 Å². The van der Waals surface area contributed by atoms with Gasteiger partial charge in [0.15, 0.2) is 11.8 Å². The zero-order chi connectivity index (χ0) is 33.8. The van der Waals surface area contributed by atoms with Crippen LogP contribution in [0.3, 0.4) is 0 Å². The van der Waals surface area contributed by atoms with E-state index in [-0.39, 0.29) is 84.4 Å². The van der Waals surface area contributed by atoms with Gasteiger partial charge in [-0.1, -0.05) is 5.82 Å². The van der Waals surface area contributed by atoms with Gasteiger partial charge in [-0.05, 0) is 60.3 Å². The molecule has 15 heteroatoms. The molecule has 1 heterocycles. The zero-order valence-corrected chi connectivity index (χ0v) is 27.6. The Morgan fingerprint density at radius 2 is 1.23 bits per heavy atom. The molecule has 1 aliphatic heterocycles. The van der Waals surface area contributed by atoms with E-state index >= 15 is 0 Å². The van der Waals surface area contributed by atoms with Crippen LogP contribution < -0.4 is 21.1 Å². The molecule has 0 spiro atoms. The molecular weight excluding hydrogens is 561 g/mol. The fraction of sp³-hybridized carbons (Fsp3) is 0.793. The molecule has 1 saturated carbocycles. The van der Waals surface area contributed by atoms with Crippen molar-refractivity contribution in [1.29, 1.82) is 0 Å². The highest BCUT2D eigenvalue weighted by Gasteiger charge is 2.45. The summed E-state index contributed by atoms with van der Waals surface area (Å²) < 4.78 is 0. The number of nitrogens with one attached hydrogen (secondary N) is 4. The summed E-state index contributed by atoms with van der Waals surface area (Å²) in [5.74, 6) is -0.371. The maximum atomic E-state index is 12.6. The lowest BCUT2D eigenvalue weighted by atomic mass is 9.84. The minimum absolute atomic E-state index is 0.00662. The Morgan fingerprint density at radius 1 is 0.773 bits per heavy atom. The van der Waals surface area contributed by atoms with Crippen molar-refractivity contribution >= 4 is 58.5 Å². The third-order valence-corrected chi connectivity index (χ3v) is 7.66. The Bertz CT molecular complexity index is 903.